The van der Waals surface area contributed by atoms with Gasteiger partial charge in [-0.15, -0.1) is 0 Å². The zero-order valence-electron chi connectivity index (χ0n) is 9.15. The van der Waals surface area contributed by atoms with E-state index in [0.29, 0.717) is 18.7 Å². The van der Waals surface area contributed by atoms with E-state index in [4.69, 9.17) is 5.11 Å². The van der Waals surface area contributed by atoms with Crippen LogP contribution in [0.3, 0.4) is 0 Å². The number of nitrogens with zero attached hydrogens (tertiary/aromatic N) is 2. The summed E-state index contributed by atoms with van der Waals surface area (Å²) in [5, 5.41) is 15.6. The first kappa shape index (κ1) is 10.7. The number of aromatic nitrogens is 2. The highest BCUT2D eigenvalue weighted by Crippen LogP contribution is 2.46. The van der Waals surface area contributed by atoms with Crippen LogP contribution in [0.4, 0.5) is 5.82 Å². The zero-order chi connectivity index (χ0) is 11.9. The van der Waals surface area contributed by atoms with Gasteiger partial charge in [0, 0.05) is 13.1 Å². The molecule has 86 valence electrons. The molecule has 0 saturated heterocycles. The average molecular weight is 223 g/mol. The number of anilines is 1. The lowest BCUT2D eigenvalue weighted by Crippen LogP contribution is -2.31. The maximum atomic E-state index is 11.8. The SMILES string of the molecule is Cc1cc(NC(=O)C2(C(=O)O)CC2)n(C)n1. The maximum absolute atomic E-state index is 11.8. The van der Waals surface area contributed by atoms with Gasteiger partial charge in [0.25, 0.3) is 0 Å². The van der Waals surface area contributed by atoms with Crippen molar-refractivity contribution in [2.24, 2.45) is 12.5 Å². The molecule has 6 nitrogen and oxygen atoms in total. The highest BCUT2D eigenvalue weighted by atomic mass is 16.4. The molecule has 0 bridgehead atoms. The van der Waals surface area contributed by atoms with Crippen molar-refractivity contribution in [2.45, 2.75) is 19.8 Å². The fourth-order valence-corrected chi connectivity index (χ4v) is 1.63. The number of carboxylic acids is 1. The van der Waals surface area contributed by atoms with Crippen LogP contribution < -0.4 is 5.32 Å². The monoisotopic (exact) mass is 223 g/mol. The van der Waals surface area contributed by atoms with Gasteiger partial charge in [-0.05, 0) is 19.8 Å². The molecule has 1 aliphatic rings. The second kappa shape index (κ2) is 3.33. The second-order valence-corrected chi connectivity index (χ2v) is 4.14. The molecule has 0 spiro atoms. The van der Waals surface area contributed by atoms with Crippen LogP contribution in [0.1, 0.15) is 18.5 Å². The van der Waals surface area contributed by atoms with Gasteiger partial charge in [-0.1, -0.05) is 0 Å². The number of hydrogen-bond acceptors (Lipinski definition) is 3. The maximum Gasteiger partial charge on any atom is 0.319 e. The van der Waals surface area contributed by atoms with Crippen molar-refractivity contribution in [3.05, 3.63) is 11.8 Å². The van der Waals surface area contributed by atoms with Gasteiger partial charge in [0.1, 0.15) is 11.2 Å². The van der Waals surface area contributed by atoms with E-state index in [1.807, 2.05) is 0 Å². The highest BCUT2D eigenvalue weighted by molar-refractivity contribution is 6.10. The number of aryl methyl sites for hydroxylation is 2. The minimum Gasteiger partial charge on any atom is -0.480 e. The summed E-state index contributed by atoms with van der Waals surface area (Å²) in [5.74, 6) is -0.984. The Morgan fingerprint density at radius 1 is 1.56 bits per heavy atom. The number of hydrogen-bond donors (Lipinski definition) is 2. The summed E-state index contributed by atoms with van der Waals surface area (Å²) in [6, 6.07) is 1.70. The minimum atomic E-state index is -1.21. The number of amides is 1. The topological polar surface area (TPSA) is 84.2 Å². The first-order valence-corrected chi connectivity index (χ1v) is 5.01. The molecule has 1 amide bonds. The molecule has 0 atom stereocenters. The van der Waals surface area contributed by atoms with Crippen LogP contribution in [0.2, 0.25) is 0 Å². The van der Waals surface area contributed by atoms with Crippen molar-refractivity contribution in [2.75, 3.05) is 5.32 Å². The number of nitrogens with one attached hydrogen (secondary N) is 1. The molecule has 16 heavy (non-hydrogen) atoms. The Morgan fingerprint density at radius 3 is 2.56 bits per heavy atom. The predicted octanol–water partition coefficient (Wildman–Crippen LogP) is 0.532. The van der Waals surface area contributed by atoms with Crippen molar-refractivity contribution in [3.8, 4) is 0 Å². The lowest BCUT2D eigenvalue weighted by atomic mass is 10.1. The van der Waals surface area contributed by atoms with Gasteiger partial charge in [-0.25, -0.2) is 0 Å². The summed E-state index contributed by atoms with van der Waals surface area (Å²) < 4.78 is 1.52. The van der Waals surface area contributed by atoms with Gasteiger partial charge in [0.05, 0.1) is 5.69 Å². The molecule has 1 heterocycles. The molecule has 0 aromatic carbocycles. The van der Waals surface area contributed by atoms with Crippen molar-refractivity contribution in [3.63, 3.8) is 0 Å². The number of rotatable bonds is 3. The van der Waals surface area contributed by atoms with Gasteiger partial charge in [0.15, 0.2) is 0 Å². The molecule has 0 radical (unpaired) electrons. The molecule has 1 aromatic heterocycles. The Labute approximate surface area is 92.3 Å². The number of carboxylic acid groups (broad SMARTS) is 1. The zero-order valence-corrected chi connectivity index (χ0v) is 9.15. The van der Waals surface area contributed by atoms with Crippen LogP contribution in [0.5, 0.6) is 0 Å². The van der Waals surface area contributed by atoms with Crippen LogP contribution in [-0.2, 0) is 16.6 Å². The predicted molar refractivity (Wildman–Crippen MR) is 55.9 cm³/mol. The average Bonchev–Trinajstić information content (AvgIpc) is 2.91. The van der Waals surface area contributed by atoms with E-state index < -0.39 is 17.3 Å². The van der Waals surface area contributed by atoms with Gasteiger partial charge >= 0.3 is 5.97 Å². The third kappa shape index (κ3) is 1.56. The largest absolute Gasteiger partial charge is 0.480 e. The highest BCUT2D eigenvalue weighted by Gasteiger charge is 2.57. The van der Waals surface area contributed by atoms with Crippen molar-refractivity contribution < 1.29 is 14.7 Å². The summed E-state index contributed by atoms with van der Waals surface area (Å²) >= 11 is 0. The van der Waals surface area contributed by atoms with Gasteiger partial charge < -0.3 is 10.4 Å². The second-order valence-electron chi connectivity index (χ2n) is 4.14. The van der Waals surface area contributed by atoms with Gasteiger partial charge in [-0.3, -0.25) is 14.3 Å². The summed E-state index contributed by atoms with van der Waals surface area (Å²) in [7, 11) is 1.70. The first-order chi connectivity index (χ1) is 7.45. The third-order valence-corrected chi connectivity index (χ3v) is 2.84. The van der Waals surface area contributed by atoms with Crippen LogP contribution in [0.15, 0.2) is 6.07 Å². The van der Waals surface area contributed by atoms with Crippen molar-refractivity contribution >= 4 is 17.7 Å². The van der Waals surface area contributed by atoms with Crippen LogP contribution in [0.25, 0.3) is 0 Å². The van der Waals surface area contributed by atoms with Gasteiger partial charge in [-0.2, -0.15) is 5.10 Å². The fourth-order valence-electron chi connectivity index (χ4n) is 1.63. The Kier molecular flexibility index (Phi) is 2.22. The molecule has 6 heteroatoms. The summed E-state index contributed by atoms with van der Waals surface area (Å²) in [6.07, 6.45) is 0.815. The lowest BCUT2D eigenvalue weighted by molar-refractivity contribution is -0.147. The Bertz CT molecular complexity index is 460. The minimum absolute atomic E-state index is 0.408. The molecule has 0 aliphatic heterocycles. The molecule has 2 rings (SSSR count). The summed E-state index contributed by atoms with van der Waals surface area (Å²) in [4.78, 5) is 22.7. The molecule has 1 aliphatic carbocycles. The van der Waals surface area contributed by atoms with Crippen LogP contribution in [-0.4, -0.2) is 26.8 Å². The summed E-state index contributed by atoms with van der Waals surface area (Å²) in [5.41, 5.74) is -0.434. The Hall–Kier alpha value is -1.85. The Morgan fingerprint density at radius 2 is 2.19 bits per heavy atom. The number of carbonyl (C=O) groups excluding carboxylic acids is 1. The van der Waals surface area contributed by atoms with E-state index in [2.05, 4.69) is 10.4 Å². The van der Waals surface area contributed by atoms with Crippen molar-refractivity contribution in [1.82, 2.24) is 9.78 Å². The smallest absolute Gasteiger partial charge is 0.319 e. The van der Waals surface area contributed by atoms with Crippen LogP contribution >= 0.6 is 0 Å². The lowest BCUT2D eigenvalue weighted by Gasteiger charge is -2.10. The van der Waals surface area contributed by atoms with Gasteiger partial charge in [0.2, 0.25) is 5.91 Å². The van der Waals surface area contributed by atoms with E-state index in [0.717, 1.165) is 5.69 Å². The van der Waals surface area contributed by atoms with Crippen LogP contribution in [0, 0.1) is 12.3 Å². The molecule has 0 unspecified atom stereocenters. The summed E-state index contributed by atoms with van der Waals surface area (Å²) in [6.45, 7) is 1.81. The van der Waals surface area contributed by atoms with E-state index in [-0.39, 0.29) is 0 Å². The standard InChI is InChI=1S/C10H13N3O3/c1-6-5-7(13(2)12-6)11-8(14)10(3-4-10)9(15)16/h5H,3-4H2,1-2H3,(H,11,14)(H,15,16). The number of aliphatic carboxylic acids is 1. The quantitative estimate of drug-likeness (QED) is 0.732. The number of carbonyl (C=O) groups is 2. The molecular formula is C10H13N3O3. The van der Waals surface area contributed by atoms with E-state index in [1.165, 1.54) is 4.68 Å². The molecule has 1 fully saturated rings. The van der Waals surface area contributed by atoms with Crippen molar-refractivity contribution in [1.29, 1.82) is 0 Å². The third-order valence-electron chi connectivity index (χ3n) is 2.84. The Balaban J connectivity index is 2.14. The fraction of sp³-hybridized carbons (Fsp3) is 0.500. The molecule has 1 saturated carbocycles. The van der Waals surface area contributed by atoms with E-state index >= 15 is 0 Å². The normalized spacial score (nSPS) is 16.9. The molecule has 1 aromatic rings. The molecule has 2 N–H and O–H groups in total. The van der Waals surface area contributed by atoms with E-state index in [1.54, 1.807) is 20.0 Å². The molecular weight excluding hydrogens is 210 g/mol. The van der Waals surface area contributed by atoms with E-state index in [9.17, 15) is 9.59 Å². The first-order valence-electron chi connectivity index (χ1n) is 5.01.